The molecule has 2 aromatic heterocycles. The summed E-state index contributed by atoms with van der Waals surface area (Å²) in [6, 6.07) is 10.5. The summed E-state index contributed by atoms with van der Waals surface area (Å²) in [5.74, 6) is 4.01. The van der Waals surface area contributed by atoms with Gasteiger partial charge in [-0.3, -0.25) is 9.47 Å². The summed E-state index contributed by atoms with van der Waals surface area (Å²) < 4.78 is 2.23. The van der Waals surface area contributed by atoms with Crippen LogP contribution in [0.5, 0.6) is 0 Å². The number of fused-ring (bicyclic) bond motifs is 3. The van der Waals surface area contributed by atoms with Crippen LogP contribution in [0.15, 0.2) is 30.5 Å². The van der Waals surface area contributed by atoms with Gasteiger partial charge in [0.2, 0.25) is 0 Å². The summed E-state index contributed by atoms with van der Waals surface area (Å²) in [6.45, 7) is 5.07. The number of benzene rings is 1. The molecule has 0 bridgehead atoms. The van der Waals surface area contributed by atoms with Crippen molar-refractivity contribution in [2.45, 2.75) is 57.2 Å². The van der Waals surface area contributed by atoms with Gasteiger partial charge in [-0.25, -0.2) is 9.97 Å². The number of rotatable bonds is 3. The second kappa shape index (κ2) is 7.79. The molecule has 168 valence electrons. The van der Waals surface area contributed by atoms with E-state index in [0.717, 1.165) is 73.3 Å². The fraction of sp³-hybridized carbons (Fsp3) is 0.458. The average Bonchev–Trinajstić information content (AvgIpc) is 3.56. The van der Waals surface area contributed by atoms with Gasteiger partial charge in [-0.2, -0.15) is 5.26 Å². The lowest BCUT2D eigenvalue weighted by Gasteiger charge is -2.32. The summed E-state index contributed by atoms with van der Waals surface area (Å²) in [5.41, 5.74) is 1.82. The first-order chi connectivity index (χ1) is 16.1. The Morgan fingerprint density at radius 1 is 1.12 bits per heavy atom. The van der Waals surface area contributed by atoms with Crippen LogP contribution in [0.25, 0.3) is 5.69 Å². The first-order valence-electron chi connectivity index (χ1n) is 11.5. The van der Waals surface area contributed by atoms with Crippen molar-refractivity contribution in [1.29, 1.82) is 5.26 Å². The second-order valence-corrected chi connectivity index (χ2v) is 9.74. The van der Waals surface area contributed by atoms with E-state index in [4.69, 9.17) is 11.6 Å². The number of nitriles is 1. The zero-order valence-corrected chi connectivity index (χ0v) is 19.3. The highest BCUT2D eigenvalue weighted by atomic mass is 35.5. The molecule has 0 unspecified atom stereocenters. The summed E-state index contributed by atoms with van der Waals surface area (Å²) in [6.07, 6.45) is 5.60. The maximum Gasteiger partial charge on any atom is 0.151 e. The molecule has 0 radical (unpaired) electrons. The van der Waals surface area contributed by atoms with Crippen LogP contribution in [0.1, 0.15) is 54.6 Å². The maximum absolute atomic E-state index is 9.82. The first kappa shape index (κ1) is 20.6. The number of hydrogen-bond donors (Lipinski definition) is 0. The third kappa shape index (κ3) is 3.56. The summed E-state index contributed by atoms with van der Waals surface area (Å²) in [7, 11) is 0. The van der Waals surface area contributed by atoms with Gasteiger partial charge in [0, 0.05) is 36.8 Å². The van der Waals surface area contributed by atoms with Crippen molar-refractivity contribution < 1.29 is 0 Å². The molecular formula is C24H25ClN8. The van der Waals surface area contributed by atoms with Crippen LogP contribution in [0.3, 0.4) is 0 Å². The van der Waals surface area contributed by atoms with Crippen LogP contribution in [0, 0.1) is 18.3 Å². The molecule has 0 N–H and O–H groups in total. The smallest absolute Gasteiger partial charge is 0.151 e. The Bertz CT molecular complexity index is 1250. The molecule has 1 aliphatic carbocycles. The normalized spacial score (nSPS) is 20.0. The van der Waals surface area contributed by atoms with Crippen molar-refractivity contribution in [2.75, 3.05) is 18.0 Å². The van der Waals surface area contributed by atoms with Gasteiger partial charge in [0.25, 0.3) is 0 Å². The second-order valence-electron chi connectivity index (χ2n) is 9.31. The Morgan fingerprint density at radius 3 is 2.67 bits per heavy atom. The van der Waals surface area contributed by atoms with E-state index in [9.17, 15) is 5.26 Å². The average molecular weight is 461 g/mol. The summed E-state index contributed by atoms with van der Waals surface area (Å²) in [4.78, 5) is 13.4. The summed E-state index contributed by atoms with van der Waals surface area (Å²) >= 11 is 6.38. The largest absolute Gasteiger partial charge is 0.356 e. The highest BCUT2D eigenvalue weighted by molar-refractivity contribution is 6.30. The fourth-order valence-electron chi connectivity index (χ4n) is 5.20. The predicted octanol–water partition coefficient (Wildman–Crippen LogP) is 3.77. The van der Waals surface area contributed by atoms with Gasteiger partial charge in [0.05, 0.1) is 18.3 Å². The quantitative estimate of drug-likeness (QED) is 0.587. The standard InChI is InChI=1S/C24H25ClN8/c1-16-27-9-4-21(28-16)31-10-5-17(6-11-31)23-30-29-22-14-32(24(15-26)7-8-24)13-18-12-19(25)2-3-20(18)33(22)23/h2-4,9,12,17H,5-8,10-11,13-14H2,1H3. The number of nitrogens with zero attached hydrogens (tertiary/aromatic N) is 8. The molecular weight excluding hydrogens is 436 g/mol. The molecule has 4 heterocycles. The van der Waals surface area contributed by atoms with Gasteiger partial charge in [0.1, 0.15) is 23.0 Å². The van der Waals surface area contributed by atoms with E-state index in [2.05, 4.69) is 46.7 Å². The van der Waals surface area contributed by atoms with E-state index in [1.54, 1.807) is 0 Å². The van der Waals surface area contributed by atoms with Crippen LogP contribution in [-0.2, 0) is 13.1 Å². The molecule has 33 heavy (non-hydrogen) atoms. The van der Waals surface area contributed by atoms with Gasteiger partial charge >= 0.3 is 0 Å². The van der Waals surface area contributed by atoms with Crippen molar-refractivity contribution in [2.24, 2.45) is 0 Å². The molecule has 0 atom stereocenters. The lowest BCUT2D eigenvalue weighted by atomic mass is 9.95. The number of anilines is 1. The van der Waals surface area contributed by atoms with Gasteiger partial charge in [0.15, 0.2) is 5.82 Å². The monoisotopic (exact) mass is 460 g/mol. The molecule has 3 aliphatic rings. The Kier molecular flexibility index (Phi) is 4.86. The summed E-state index contributed by atoms with van der Waals surface area (Å²) in [5, 5.41) is 19.8. The number of piperidine rings is 1. The van der Waals surface area contributed by atoms with E-state index in [0.29, 0.717) is 24.0 Å². The topological polar surface area (TPSA) is 86.8 Å². The van der Waals surface area contributed by atoms with Gasteiger partial charge in [-0.05, 0) is 62.4 Å². The molecule has 1 saturated carbocycles. The van der Waals surface area contributed by atoms with Crippen molar-refractivity contribution in [3.8, 4) is 11.8 Å². The van der Waals surface area contributed by atoms with Crippen molar-refractivity contribution in [3.63, 3.8) is 0 Å². The number of aryl methyl sites for hydroxylation is 1. The van der Waals surface area contributed by atoms with Crippen LogP contribution in [0.4, 0.5) is 5.82 Å². The van der Waals surface area contributed by atoms with E-state index >= 15 is 0 Å². The minimum absolute atomic E-state index is 0.311. The molecule has 8 nitrogen and oxygen atoms in total. The van der Waals surface area contributed by atoms with Crippen LogP contribution < -0.4 is 4.90 Å². The van der Waals surface area contributed by atoms with Gasteiger partial charge in [-0.15, -0.1) is 10.2 Å². The Hall–Kier alpha value is -3.02. The third-order valence-corrected chi connectivity index (χ3v) is 7.45. The molecule has 1 aromatic carbocycles. The molecule has 9 heteroatoms. The third-order valence-electron chi connectivity index (χ3n) is 7.21. The zero-order valence-electron chi connectivity index (χ0n) is 18.6. The number of halogens is 1. The zero-order chi connectivity index (χ0) is 22.6. The molecule has 0 amide bonds. The Balaban J connectivity index is 1.32. The SMILES string of the molecule is Cc1nccc(N2CCC(c3nnc4n3-c3ccc(Cl)cc3CN(C3(C#N)CC3)C4)CC2)n1. The Labute approximate surface area is 197 Å². The minimum atomic E-state index is -0.387. The van der Waals surface area contributed by atoms with Crippen molar-refractivity contribution in [3.05, 3.63) is 58.5 Å². The lowest BCUT2D eigenvalue weighted by Crippen LogP contribution is -2.35. The lowest BCUT2D eigenvalue weighted by molar-refractivity contribution is 0.197. The van der Waals surface area contributed by atoms with Crippen LogP contribution in [0.2, 0.25) is 5.02 Å². The molecule has 2 aliphatic heterocycles. The van der Waals surface area contributed by atoms with Gasteiger partial charge in [-0.1, -0.05) is 11.6 Å². The van der Waals surface area contributed by atoms with E-state index in [1.807, 2.05) is 31.3 Å². The maximum atomic E-state index is 9.82. The van der Waals surface area contributed by atoms with E-state index < -0.39 is 0 Å². The highest BCUT2D eigenvalue weighted by Gasteiger charge is 2.50. The van der Waals surface area contributed by atoms with Crippen LogP contribution in [-0.4, -0.2) is 48.3 Å². The highest BCUT2D eigenvalue weighted by Crippen LogP contribution is 2.44. The van der Waals surface area contributed by atoms with Gasteiger partial charge < -0.3 is 4.90 Å². The number of hydrogen-bond acceptors (Lipinski definition) is 7. The van der Waals surface area contributed by atoms with E-state index in [1.165, 1.54) is 0 Å². The predicted molar refractivity (Wildman–Crippen MR) is 124 cm³/mol. The molecule has 2 fully saturated rings. The van der Waals surface area contributed by atoms with Crippen LogP contribution >= 0.6 is 11.6 Å². The Morgan fingerprint density at radius 2 is 1.94 bits per heavy atom. The fourth-order valence-corrected chi connectivity index (χ4v) is 5.39. The minimum Gasteiger partial charge on any atom is -0.356 e. The molecule has 1 saturated heterocycles. The first-order valence-corrected chi connectivity index (χ1v) is 11.9. The molecule has 6 rings (SSSR count). The molecule has 3 aromatic rings. The van der Waals surface area contributed by atoms with E-state index in [-0.39, 0.29) is 5.54 Å². The van der Waals surface area contributed by atoms with Crippen molar-refractivity contribution in [1.82, 2.24) is 29.6 Å². The van der Waals surface area contributed by atoms with Crippen molar-refractivity contribution >= 4 is 17.4 Å². The number of aromatic nitrogens is 5. The molecule has 0 spiro atoms.